The highest BCUT2D eigenvalue weighted by atomic mass is 32.1. The molecule has 30 heavy (non-hydrogen) atoms. The summed E-state index contributed by atoms with van der Waals surface area (Å²) in [5.41, 5.74) is 2.09. The van der Waals surface area contributed by atoms with Crippen molar-refractivity contribution in [2.24, 2.45) is 0 Å². The molecule has 3 aromatic rings. The highest BCUT2D eigenvalue weighted by Crippen LogP contribution is 2.24. The summed E-state index contributed by atoms with van der Waals surface area (Å²) in [6.45, 7) is 1.22. The molecule has 5 nitrogen and oxygen atoms in total. The number of carbonyl (C=O) groups excluding carboxylic acids is 2. The molecule has 158 valence electrons. The summed E-state index contributed by atoms with van der Waals surface area (Å²) in [5.74, 6) is -1.18. The van der Waals surface area contributed by atoms with Crippen molar-refractivity contribution in [2.45, 2.75) is 33.0 Å². The minimum absolute atomic E-state index is 0.0935. The van der Waals surface area contributed by atoms with Gasteiger partial charge in [0.1, 0.15) is 11.6 Å². The zero-order chi connectivity index (χ0) is 21.9. The van der Waals surface area contributed by atoms with Gasteiger partial charge in [-0.2, -0.15) is 13.2 Å². The number of halogens is 3. The standard InChI is InChI=1S/C21H19F3N2O3S/c1-13-8-17(14(2)26(13)12-21(22,23)24)18(27)10-29-19(28)9-16-11-30-20(25-16)15-6-4-3-5-7-15/h3-8,11H,9-10,12H2,1-2H3. The molecule has 0 aliphatic rings. The van der Waals surface area contributed by atoms with Gasteiger partial charge in [0.15, 0.2) is 6.61 Å². The van der Waals surface area contributed by atoms with Gasteiger partial charge in [-0.1, -0.05) is 30.3 Å². The summed E-state index contributed by atoms with van der Waals surface area (Å²) in [4.78, 5) is 28.8. The molecule has 0 spiro atoms. The Hall–Kier alpha value is -2.94. The van der Waals surface area contributed by atoms with Crippen LogP contribution in [-0.4, -0.2) is 34.1 Å². The number of nitrogens with zero attached hydrogens (tertiary/aromatic N) is 2. The van der Waals surface area contributed by atoms with Crippen molar-refractivity contribution in [3.63, 3.8) is 0 Å². The predicted octanol–water partition coefficient (Wildman–Crippen LogP) is 4.76. The number of rotatable bonds is 7. The molecule has 0 saturated heterocycles. The number of carbonyl (C=O) groups is 2. The molecule has 0 aliphatic heterocycles. The molecule has 0 bridgehead atoms. The number of alkyl halides is 3. The second-order valence-corrected chi connectivity index (χ2v) is 7.61. The Morgan fingerprint density at radius 1 is 1.17 bits per heavy atom. The zero-order valence-corrected chi connectivity index (χ0v) is 17.1. The van der Waals surface area contributed by atoms with E-state index in [0.29, 0.717) is 11.4 Å². The number of ether oxygens (including phenoxy) is 1. The van der Waals surface area contributed by atoms with Crippen LogP contribution in [0.25, 0.3) is 10.6 Å². The fraction of sp³-hybridized carbons (Fsp3) is 0.286. The number of Topliss-reactive ketones (excluding diaryl/α,β-unsaturated/α-hetero) is 1. The van der Waals surface area contributed by atoms with E-state index in [1.165, 1.54) is 31.3 Å². The summed E-state index contributed by atoms with van der Waals surface area (Å²) in [6.07, 6.45) is -4.49. The average molecular weight is 436 g/mol. The highest BCUT2D eigenvalue weighted by Gasteiger charge is 2.30. The normalized spacial score (nSPS) is 11.5. The largest absolute Gasteiger partial charge is 0.457 e. The van der Waals surface area contributed by atoms with Gasteiger partial charge < -0.3 is 9.30 Å². The first-order valence-corrected chi connectivity index (χ1v) is 9.94. The first kappa shape index (κ1) is 21.8. The van der Waals surface area contributed by atoms with Gasteiger partial charge in [-0.15, -0.1) is 11.3 Å². The van der Waals surface area contributed by atoms with Crippen LogP contribution in [0.15, 0.2) is 41.8 Å². The third-order valence-electron chi connectivity index (χ3n) is 4.47. The van der Waals surface area contributed by atoms with Gasteiger partial charge in [0.25, 0.3) is 0 Å². The van der Waals surface area contributed by atoms with Crippen LogP contribution < -0.4 is 0 Å². The first-order valence-electron chi connectivity index (χ1n) is 9.06. The second kappa shape index (κ2) is 8.83. The van der Waals surface area contributed by atoms with Gasteiger partial charge in [0.05, 0.1) is 12.1 Å². The van der Waals surface area contributed by atoms with Crippen molar-refractivity contribution in [1.82, 2.24) is 9.55 Å². The Labute approximate surface area is 175 Å². The Kier molecular flexibility index (Phi) is 6.40. The molecule has 0 N–H and O–H groups in total. The molecular formula is C21H19F3N2O3S. The van der Waals surface area contributed by atoms with Gasteiger partial charge in [-0.05, 0) is 19.9 Å². The molecule has 0 radical (unpaired) electrons. The molecule has 0 unspecified atom stereocenters. The molecule has 1 aromatic carbocycles. The Morgan fingerprint density at radius 2 is 1.87 bits per heavy atom. The van der Waals surface area contributed by atoms with Crippen LogP contribution in [0.1, 0.15) is 27.4 Å². The molecule has 2 aromatic heterocycles. The van der Waals surface area contributed by atoms with E-state index in [-0.39, 0.29) is 17.7 Å². The number of esters is 1. The summed E-state index contributed by atoms with van der Waals surface area (Å²) in [7, 11) is 0. The van der Waals surface area contributed by atoms with E-state index in [9.17, 15) is 22.8 Å². The molecular weight excluding hydrogens is 417 g/mol. The maximum absolute atomic E-state index is 12.7. The van der Waals surface area contributed by atoms with Crippen LogP contribution in [0.5, 0.6) is 0 Å². The lowest BCUT2D eigenvalue weighted by molar-refractivity contribution is -0.142. The first-order chi connectivity index (χ1) is 14.1. The number of aryl methyl sites for hydroxylation is 1. The summed E-state index contributed by atoms with van der Waals surface area (Å²) < 4.78 is 44.2. The molecule has 0 aliphatic carbocycles. The maximum atomic E-state index is 12.7. The van der Waals surface area contributed by atoms with Crippen LogP contribution in [0.3, 0.4) is 0 Å². The van der Waals surface area contributed by atoms with Crippen molar-refractivity contribution < 1.29 is 27.5 Å². The maximum Gasteiger partial charge on any atom is 0.406 e. The van der Waals surface area contributed by atoms with E-state index in [1.807, 2.05) is 30.3 Å². The average Bonchev–Trinajstić information content (AvgIpc) is 3.26. The molecule has 0 amide bonds. The number of hydrogen-bond acceptors (Lipinski definition) is 5. The molecule has 0 saturated carbocycles. The Bertz CT molecular complexity index is 1060. The molecule has 0 fully saturated rings. The lowest BCUT2D eigenvalue weighted by Crippen LogP contribution is -2.20. The van der Waals surface area contributed by atoms with Crippen molar-refractivity contribution in [3.8, 4) is 10.6 Å². The number of hydrogen-bond donors (Lipinski definition) is 0. The minimum Gasteiger partial charge on any atom is -0.457 e. The topological polar surface area (TPSA) is 61.2 Å². The number of aromatic nitrogens is 2. The van der Waals surface area contributed by atoms with Crippen molar-refractivity contribution >= 4 is 23.1 Å². The van der Waals surface area contributed by atoms with E-state index < -0.39 is 31.1 Å². The summed E-state index contributed by atoms with van der Waals surface area (Å²) in [5, 5.41) is 2.52. The van der Waals surface area contributed by atoms with Gasteiger partial charge in [-0.25, -0.2) is 4.98 Å². The number of thiazole rings is 1. The molecule has 2 heterocycles. The lowest BCUT2D eigenvalue weighted by atomic mass is 10.1. The third kappa shape index (κ3) is 5.35. The van der Waals surface area contributed by atoms with Crippen LogP contribution in [0, 0.1) is 13.8 Å². The van der Waals surface area contributed by atoms with Gasteiger partial charge in [0, 0.05) is 27.9 Å². The SMILES string of the molecule is Cc1cc(C(=O)COC(=O)Cc2csc(-c3ccccc3)n2)c(C)n1CC(F)(F)F. The molecule has 3 rings (SSSR count). The van der Waals surface area contributed by atoms with E-state index in [4.69, 9.17) is 4.74 Å². The fourth-order valence-corrected chi connectivity index (χ4v) is 3.86. The van der Waals surface area contributed by atoms with Crippen molar-refractivity contribution in [3.05, 3.63) is 64.4 Å². The summed E-state index contributed by atoms with van der Waals surface area (Å²) >= 11 is 1.40. The van der Waals surface area contributed by atoms with E-state index >= 15 is 0 Å². The second-order valence-electron chi connectivity index (χ2n) is 6.76. The van der Waals surface area contributed by atoms with Gasteiger partial charge in [0.2, 0.25) is 5.78 Å². The van der Waals surface area contributed by atoms with Gasteiger partial charge in [-0.3, -0.25) is 9.59 Å². The van der Waals surface area contributed by atoms with Crippen molar-refractivity contribution in [1.29, 1.82) is 0 Å². The zero-order valence-electron chi connectivity index (χ0n) is 16.3. The van der Waals surface area contributed by atoms with Crippen LogP contribution in [0.2, 0.25) is 0 Å². The monoisotopic (exact) mass is 436 g/mol. The molecule has 0 atom stereocenters. The third-order valence-corrected chi connectivity index (χ3v) is 5.41. The smallest absolute Gasteiger partial charge is 0.406 e. The van der Waals surface area contributed by atoms with E-state index in [0.717, 1.165) is 15.1 Å². The van der Waals surface area contributed by atoms with Crippen LogP contribution in [0.4, 0.5) is 13.2 Å². The summed E-state index contributed by atoms with van der Waals surface area (Å²) in [6, 6.07) is 10.9. The van der Waals surface area contributed by atoms with Crippen molar-refractivity contribution in [2.75, 3.05) is 6.61 Å². The van der Waals surface area contributed by atoms with Crippen LogP contribution >= 0.6 is 11.3 Å². The highest BCUT2D eigenvalue weighted by molar-refractivity contribution is 7.13. The number of benzene rings is 1. The Balaban J connectivity index is 1.58. The minimum atomic E-state index is -4.40. The van der Waals surface area contributed by atoms with Gasteiger partial charge >= 0.3 is 12.1 Å². The van der Waals surface area contributed by atoms with Crippen LogP contribution in [-0.2, 0) is 22.5 Å². The Morgan fingerprint density at radius 3 is 2.53 bits per heavy atom. The predicted molar refractivity (Wildman–Crippen MR) is 107 cm³/mol. The lowest BCUT2D eigenvalue weighted by Gasteiger charge is -2.12. The van der Waals surface area contributed by atoms with E-state index in [1.54, 1.807) is 5.38 Å². The number of ketones is 1. The van der Waals surface area contributed by atoms with E-state index in [2.05, 4.69) is 4.98 Å². The quantitative estimate of drug-likeness (QED) is 0.396. The molecule has 9 heteroatoms. The fourth-order valence-electron chi connectivity index (χ4n) is 3.03.